The molecule has 0 spiro atoms. The SMILES string of the molecule is CCO[C@@H]1COc2ccccc2/C(=C\CC(=O)OC)[C@H]1C. The van der Waals surface area contributed by atoms with E-state index >= 15 is 0 Å². The quantitative estimate of drug-likeness (QED) is 0.799. The zero-order valence-corrected chi connectivity index (χ0v) is 12.8. The molecular weight excluding hydrogens is 268 g/mol. The van der Waals surface area contributed by atoms with E-state index in [2.05, 4.69) is 6.92 Å². The van der Waals surface area contributed by atoms with Crippen LogP contribution in [0.2, 0.25) is 0 Å². The summed E-state index contributed by atoms with van der Waals surface area (Å²) in [4.78, 5) is 11.4. The molecule has 1 aliphatic rings. The summed E-state index contributed by atoms with van der Waals surface area (Å²) >= 11 is 0. The highest BCUT2D eigenvalue weighted by Gasteiger charge is 2.28. The summed E-state index contributed by atoms with van der Waals surface area (Å²) in [5, 5.41) is 0. The smallest absolute Gasteiger partial charge is 0.309 e. The molecule has 0 saturated carbocycles. The number of fused-ring (bicyclic) bond motifs is 1. The van der Waals surface area contributed by atoms with Gasteiger partial charge in [-0.15, -0.1) is 0 Å². The van der Waals surface area contributed by atoms with E-state index in [4.69, 9.17) is 14.2 Å². The predicted octanol–water partition coefficient (Wildman–Crippen LogP) is 3.07. The first-order valence-corrected chi connectivity index (χ1v) is 7.28. The second kappa shape index (κ2) is 7.27. The first kappa shape index (κ1) is 15.6. The lowest BCUT2D eigenvalue weighted by Gasteiger charge is -2.22. The van der Waals surface area contributed by atoms with E-state index < -0.39 is 0 Å². The van der Waals surface area contributed by atoms with Crippen molar-refractivity contribution in [1.82, 2.24) is 0 Å². The van der Waals surface area contributed by atoms with Crippen molar-refractivity contribution in [3.8, 4) is 5.75 Å². The molecule has 0 fully saturated rings. The van der Waals surface area contributed by atoms with Gasteiger partial charge in [0, 0.05) is 18.1 Å². The third-order valence-corrected chi connectivity index (χ3v) is 3.75. The zero-order valence-electron chi connectivity index (χ0n) is 12.8. The summed E-state index contributed by atoms with van der Waals surface area (Å²) in [7, 11) is 1.40. The first-order valence-electron chi connectivity index (χ1n) is 7.28. The van der Waals surface area contributed by atoms with Crippen LogP contribution in [-0.4, -0.2) is 32.4 Å². The van der Waals surface area contributed by atoms with Crippen LogP contribution in [0.4, 0.5) is 0 Å². The molecule has 2 rings (SSSR count). The summed E-state index contributed by atoms with van der Waals surface area (Å²) < 4.78 is 16.4. The van der Waals surface area contributed by atoms with Crippen LogP contribution in [0.25, 0.3) is 5.57 Å². The molecule has 21 heavy (non-hydrogen) atoms. The van der Waals surface area contributed by atoms with Crippen molar-refractivity contribution >= 4 is 11.5 Å². The number of para-hydroxylation sites is 1. The highest BCUT2D eigenvalue weighted by atomic mass is 16.5. The number of hydrogen-bond donors (Lipinski definition) is 0. The Balaban J connectivity index is 2.36. The van der Waals surface area contributed by atoms with E-state index in [0.29, 0.717) is 13.2 Å². The van der Waals surface area contributed by atoms with E-state index in [9.17, 15) is 4.79 Å². The van der Waals surface area contributed by atoms with Crippen molar-refractivity contribution < 1.29 is 19.0 Å². The van der Waals surface area contributed by atoms with Crippen molar-refractivity contribution in [2.75, 3.05) is 20.3 Å². The molecule has 0 aromatic heterocycles. The number of benzene rings is 1. The molecule has 0 amide bonds. The van der Waals surface area contributed by atoms with E-state index in [0.717, 1.165) is 16.9 Å². The van der Waals surface area contributed by atoms with E-state index in [1.165, 1.54) is 7.11 Å². The molecule has 0 aliphatic carbocycles. The summed E-state index contributed by atoms with van der Waals surface area (Å²) in [6.07, 6.45) is 2.16. The Hall–Kier alpha value is -1.81. The van der Waals surface area contributed by atoms with Crippen LogP contribution in [-0.2, 0) is 14.3 Å². The minimum atomic E-state index is -0.245. The van der Waals surface area contributed by atoms with Gasteiger partial charge in [-0.3, -0.25) is 4.79 Å². The number of ether oxygens (including phenoxy) is 3. The van der Waals surface area contributed by atoms with Crippen LogP contribution in [0.3, 0.4) is 0 Å². The normalized spacial score (nSPS) is 23.1. The lowest BCUT2D eigenvalue weighted by molar-refractivity contribution is -0.139. The molecule has 2 atom stereocenters. The number of rotatable bonds is 4. The van der Waals surface area contributed by atoms with Crippen molar-refractivity contribution in [3.63, 3.8) is 0 Å². The van der Waals surface area contributed by atoms with Crippen molar-refractivity contribution in [2.24, 2.45) is 5.92 Å². The molecule has 0 bridgehead atoms. The van der Waals surface area contributed by atoms with Gasteiger partial charge < -0.3 is 14.2 Å². The van der Waals surface area contributed by atoms with Crippen molar-refractivity contribution in [1.29, 1.82) is 0 Å². The van der Waals surface area contributed by atoms with Gasteiger partial charge in [0.2, 0.25) is 0 Å². The first-order chi connectivity index (χ1) is 10.2. The maximum absolute atomic E-state index is 11.4. The summed E-state index contributed by atoms with van der Waals surface area (Å²) in [6, 6.07) is 7.88. The number of hydrogen-bond acceptors (Lipinski definition) is 4. The Morgan fingerprint density at radius 3 is 2.90 bits per heavy atom. The second-order valence-electron chi connectivity index (χ2n) is 5.03. The van der Waals surface area contributed by atoms with Gasteiger partial charge in [0.05, 0.1) is 19.6 Å². The zero-order chi connectivity index (χ0) is 15.2. The van der Waals surface area contributed by atoms with Crippen LogP contribution < -0.4 is 4.74 Å². The van der Waals surface area contributed by atoms with Crippen LogP contribution in [0.15, 0.2) is 30.3 Å². The molecule has 114 valence electrons. The van der Waals surface area contributed by atoms with E-state index in [1.807, 2.05) is 37.3 Å². The van der Waals surface area contributed by atoms with E-state index in [-0.39, 0.29) is 24.4 Å². The lowest BCUT2D eigenvalue weighted by atomic mass is 9.89. The fourth-order valence-electron chi connectivity index (χ4n) is 2.57. The van der Waals surface area contributed by atoms with E-state index in [1.54, 1.807) is 0 Å². The highest BCUT2D eigenvalue weighted by Crippen LogP contribution is 2.37. The Morgan fingerprint density at radius 2 is 2.19 bits per heavy atom. The van der Waals surface area contributed by atoms with Gasteiger partial charge in [-0.05, 0) is 18.6 Å². The third kappa shape index (κ3) is 3.64. The third-order valence-electron chi connectivity index (χ3n) is 3.75. The second-order valence-corrected chi connectivity index (χ2v) is 5.03. The molecule has 0 radical (unpaired) electrons. The van der Waals surface area contributed by atoms with Crippen LogP contribution >= 0.6 is 0 Å². The maximum atomic E-state index is 11.4. The maximum Gasteiger partial charge on any atom is 0.309 e. The number of carbonyl (C=O) groups excluding carboxylic acids is 1. The molecule has 0 N–H and O–H groups in total. The molecule has 1 aliphatic heterocycles. The fraction of sp³-hybridized carbons (Fsp3) is 0.471. The summed E-state index contributed by atoms with van der Waals surface area (Å²) in [6.45, 7) is 5.23. The highest BCUT2D eigenvalue weighted by molar-refractivity contribution is 5.78. The van der Waals surface area contributed by atoms with Gasteiger partial charge >= 0.3 is 5.97 Å². The van der Waals surface area contributed by atoms with Crippen molar-refractivity contribution in [3.05, 3.63) is 35.9 Å². The average Bonchev–Trinajstić information content (AvgIpc) is 2.63. The molecule has 1 aromatic rings. The van der Waals surface area contributed by atoms with Gasteiger partial charge in [-0.2, -0.15) is 0 Å². The molecule has 0 saturated heterocycles. The number of carbonyl (C=O) groups is 1. The predicted molar refractivity (Wildman–Crippen MR) is 81.1 cm³/mol. The number of esters is 1. The minimum absolute atomic E-state index is 0.0219. The van der Waals surface area contributed by atoms with Crippen molar-refractivity contribution in [2.45, 2.75) is 26.4 Å². The number of methoxy groups -OCH3 is 1. The summed E-state index contributed by atoms with van der Waals surface area (Å²) in [5.41, 5.74) is 2.10. The van der Waals surface area contributed by atoms with Gasteiger partial charge in [0.15, 0.2) is 0 Å². The Morgan fingerprint density at radius 1 is 1.43 bits per heavy atom. The fourth-order valence-corrected chi connectivity index (χ4v) is 2.57. The topological polar surface area (TPSA) is 44.8 Å². The molecule has 1 aromatic carbocycles. The Labute approximate surface area is 125 Å². The Kier molecular flexibility index (Phi) is 5.39. The molecule has 4 nitrogen and oxygen atoms in total. The lowest BCUT2D eigenvalue weighted by Crippen LogP contribution is -2.27. The molecule has 1 heterocycles. The molecule has 0 unspecified atom stereocenters. The molecule has 4 heteroatoms. The minimum Gasteiger partial charge on any atom is -0.490 e. The largest absolute Gasteiger partial charge is 0.490 e. The van der Waals surface area contributed by atoms with Crippen LogP contribution in [0.5, 0.6) is 5.75 Å². The van der Waals surface area contributed by atoms with Gasteiger partial charge in [0.1, 0.15) is 12.4 Å². The van der Waals surface area contributed by atoms with Gasteiger partial charge in [-0.1, -0.05) is 31.2 Å². The monoisotopic (exact) mass is 290 g/mol. The van der Waals surface area contributed by atoms with Crippen LogP contribution in [0, 0.1) is 5.92 Å². The van der Waals surface area contributed by atoms with Gasteiger partial charge in [0.25, 0.3) is 0 Å². The molecular formula is C17H22O4. The van der Waals surface area contributed by atoms with Crippen LogP contribution in [0.1, 0.15) is 25.8 Å². The average molecular weight is 290 g/mol. The summed E-state index contributed by atoms with van der Waals surface area (Å²) in [5.74, 6) is 0.742. The Bertz CT molecular complexity index is 521. The van der Waals surface area contributed by atoms with Gasteiger partial charge in [-0.25, -0.2) is 0 Å². The standard InChI is InChI=1S/C17H22O4/c1-4-20-16-11-21-15-8-6-5-7-14(15)13(12(16)2)9-10-17(18)19-3/h5-9,12,16H,4,10-11H2,1-3H3/b13-9-/t12-,16-/m1/s1.